The molecule has 4 nitrogen and oxygen atoms in total. The van der Waals surface area contributed by atoms with Crippen LogP contribution in [0.25, 0.3) is 0 Å². The van der Waals surface area contributed by atoms with E-state index in [2.05, 4.69) is 34.7 Å². The van der Waals surface area contributed by atoms with E-state index in [0.29, 0.717) is 0 Å². The molecule has 2 N–H and O–H groups in total. The zero-order chi connectivity index (χ0) is 11.1. The summed E-state index contributed by atoms with van der Waals surface area (Å²) in [4.78, 5) is 9.00. The molecule has 0 spiro atoms. The average molecular weight is 208 g/mol. The zero-order valence-electron chi connectivity index (χ0n) is 8.81. The van der Waals surface area contributed by atoms with Crippen LogP contribution in [0.2, 0.25) is 0 Å². The molecule has 1 aromatic rings. The summed E-state index contributed by atoms with van der Waals surface area (Å²) in [6.07, 6.45) is 1.24. The number of nitrogens with one attached hydrogen (secondary N) is 1. The van der Waals surface area contributed by atoms with Gasteiger partial charge >= 0.3 is 0 Å². The van der Waals surface area contributed by atoms with Gasteiger partial charge in [-0.3, -0.25) is 4.79 Å². The average Bonchev–Trinajstić information content (AvgIpc) is 2.71. The molecule has 15 heavy (non-hydrogen) atoms. The fourth-order valence-electron chi connectivity index (χ4n) is 1.36. The van der Waals surface area contributed by atoms with Gasteiger partial charge in [-0.05, 0) is 18.6 Å². The molecule has 0 amide bonds. The summed E-state index contributed by atoms with van der Waals surface area (Å²) in [5.74, 6) is -0.833. The van der Waals surface area contributed by atoms with Crippen LogP contribution in [-0.2, 0) is 4.79 Å². The van der Waals surface area contributed by atoms with Crippen LogP contribution in [0.5, 0.6) is 0 Å². The van der Waals surface area contributed by atoms with E-state index in [1.807, 2.05) is 6.07 Å². The lowest BCUT2D eigenvalue weighted by molar-refractivity contribution is -0.134. The molecular weight excluding hydrogens is 192 g/mol. The minimum atomic E-state index is -0.833. The molecule has 0 radical (unpaired) electrons. The predicted octanol–water partition coefficient (Wildman–Crippen LogP) is 1.49. The van der Waals surface area contributed by atoms with Crippen molar-refractivity contribution in [2.75, 3.05) is 18.1 Å². The molecule has 0 aliphatic carbocycles. The van der Waals surface area contributed by atoms with Crippen molar-refractivity contribution in [3.8, 4) is 0 Å². The molecule has 1 fully saturated rings. The molecule has 0 aromatic heterocycles. The van der Waals surface area contributed by atoms with Crippen LogP contribution in [0, 0.1) is 0 Å². The van der Waals surface area contributed by atoms with Crippen LogP contribution >= 0.6 is 0 Å². The van der Waals surface area contributed by atoms with Crippen LogP contribution in [-0.4, -0.2) is 24.2 Å². The van der Waals surface area contributed by atoms with Crippen molar-refractivity contribution in [2.24, 2.45) is 0 Å². The van der Waals surface area contributed by atoms with Gasteiger partial charge in [-0.1, -0.05) is 18.2 Å². The van der Waals surface area contributed by atoms with Crippen molar-refractivity contribution in [2.45, 2.75) is 13.3 Å². The Labute approximate surface area is 89.5 Å². The lowest BCUT2D eigenvalue weighted by Crippen LogP contribution is -2.30. The Kier molecular flexibility index (Phi) is 4.63. The van der Waals surface area contributed by atoms with Gasteiger partial charge in [0.25, 0.3) is 5.97 Å². The van der Waals surface area contributed by atoms with Crippen molar-refractivity contribution in [3.63, 3.8) is 0 Å². The SMILES string of the molecule is CC(=O)O.c1ccc(N2CCCN2)cc1. The number of carboxylic acids is 1. The van der Waals surface area contributed by atoms with Crippen molar-refractivity contribution in [1.29, 1.82) is 0 Å². The number of hydrazine groups is 1. The van der Waals surface area contributed by atoms with Crippen molar-refractivity contribution in [1.82, 2.24) is 5.43 Å². The van der Waals surface area contributed by atoms with E-state index < -0.39 is 5.97 Å². The maximum Gasteiger partial charge on any atom is 0.300 e. The van der Waals surface area contributed by atoms with E-state index in [1.165, 1.54) is 12.1 Å². The maximum atomic E-state index is 9.00. The third kappa shape index (κ3) is 4.46. The number of benzene rings is 1. The Morgan fingerprint density at radius 1 is 1.40 bits per heavy atom. The fraction of sp³-hybridized carbons (Fsp3) is 0.364. The highest BCUT2D eigenvalue weighted by Gasteiger charge is 2.09. The van der Waals surface area contributed by atoms with Gasteiger partial charge in [0.15, 0.2) is 0 Å². The lowest BCUT2D eigenvalue weighted by atomic mass is 10.3. The first-order valence-corrected chi connectivity index (χ1v) is 4.96. The lowest BCUT2D eigenvalue weighted by Gasteiger charge is -2.16. The first-order valence-electron chi connectivity index (χ1n) is 4.96. The maximum absolute atomic E-state index is 9.00. The van der Waals surface area contributed by atoms with Gasteiger partial charge in [0.05, 0.1) is 5.69 Å². The Morgan fingerprint density at radius 3 is 2.47 bits per heavy atom. The summed E-state index contributed by atoms with van der Waals surface area (Å²) < 4.78 is 0. The summed E-state index contributed by atoms with van der Waals surface area (Å²) >= 11 is 0. The van der Waals surface area contributed by atoms with Crippen molar-refractivity contribution >= 4 is 11.7 Å². The van der Waals surface area contributed by atoms with Crippen LogP contribution in [0.1, 0.15) is 13.3 Å². The van der Waals surface area contributed by atoms with Gasteiger partial charge in [0, 0.05) is 20.0 Å². The van der Waals surface area contributed by atoms with E-state index in [-0.39, 0.29) is 0 Å². The number of anilines is 1. The standard InChI is InChI=1S/C9H12N2.C2H4O2/c1-2-5-9(6-3-1)11-8-4-7-10-11;1-2(3)4/h1-3,5-6,10H,4,7-8H2;1H3,(H,3,4). The number of rotatable bonds is 1. The van der Waals surface area contributed by atoms with Crippen LogP contribution in [0.3, 0.4) is 0 Å². The van der Waals surface area contributed by atoms with Crippen LogP contribution < -0.4 is 10.4 Å². The molecule has 4 heteroatoms. The molecule has 1 aliphatic rings. The molecule has 0 unspecified atom stereocenters. The molecule has 1 heterocycles. The van der Waals surface area contributed by atoms with Crippen molar-refractivity contribution < 1.29 is 9.90 Å². The zero-order valence-corrected chi connectivity index (χ0v) is 8.81. The highest BCUT2D eigenvalue weighted by molar-refractivity contribution is 5.62. The summed E-state index contributed by atoms with van der Waals surface area (Å²) in [5, 5.41) is 9.61. The topological polar surface area (TPSA) is 52.6 Å². The Balaban J connectivity index is 0.000000245. The van der Waals surface area contributed by atoms with Crippen LogP contribution in [0.15, 0.2) is 30.3 Å². The summed E-state index contributed by atoms with van der Waals surface area (Å²) in [5.41, 5.74) is 4.57. The quantitative estimate of drug-likeness (QED) is 0.734. The van der Waals surface area contributed by atoms with E-state index in [1.54, 1.807) is 0 Å². The van der Waals surface area contributed by atoms with Gasteiger partial charge in [0.2, 0.25) is 0 Å². The van der Waals surface area contributed by atoms with Gasteiger partial charge in [-0.15, -0.1) is 0 Å². The first-order chi connectivity index (χ1) is 7.20. The van der Waals surface area contributed by atoms with Gasteiger partial charge in [0.1, 0.15) is 0 Å². The highest BCUT2D eigenvalue weighted by Crippen LogP contribution is 2.13. The third-order valence-corrected chi connectivity index (χ3v) is 1.93. The fourth-order valence-corrected chi connectivity index (χ4v) is 1.36. The molecule has 0 atom stereocenters. The monoisotopic (exact) mass is 208 g/mol. The van der Waals surface area contributed by atoms with E-state index >= 15 is 0 Å². The molecule has 2 rings (SSSR count). The second kappa shape index (κ2) is 6.03. The van der Waals surface area contributed by atoms with Crippen molar-refractivity contribution in [3.05, 3.63) is 30.3 Å². The number of carbonyl (C=O) groups is 1. The number of nitrogens with zero attached hydrogens (tertiary/aromatic N) is 1. The molecular formula is C11H16N2O2. The van der Waals surface area contributed by atoms with Gasteiger partial charge in [-0.2, -0.15) is 0 Å². The Hall–Kier alpha value is -1.55. The normalized spacial score (nSPS) is 14.3. The van der Waals surface area contributed by atoms with E-state index in [0.717, 1.165) is 20.0 Å². The largest absolute Gasteiger partial charge is 0.481 e. The first kappa shape index (κ1) is 11.5. The van der Waals surface area contributed by atoms with Gasteiger partial charge in [-0.25, -0.2) is 5.43 Å². The van der Waals surface area contributed by atoms with E-state index in [9.17, 15) is 0 Å². The molecule has 1 aliphatic heterocycles. The van der Waals surface area contributed by atoms with Crippen LogP contribution in [0.4, 0.5) is 5.69 Å². The molecule has 1 aromatic carbocycles. The molecule has 0 bridgehead atoms. The minimum Gasteiger partial charge on any atom is -0.481 e. The Bertz CT molecular complexity index is 291. The second-order valence-electron chi connectivity index (χ2n) is 3.27. The summed E-state index contributed by atoms with van der Waals surface area (Å²) in [6.45, 7) is 3.32. The smallest absolute Gasteiger partial charge is 0.300 e. The molecule has 82 valence electrons. The molecule has 1 saturated heterocycles. The Morgan fingerprint density at radius 2 is 2.00 bits per heavy atom. The van der Waals surface area contributed by atoms with Gasteiger partial charge < -0.3 is 10.1 Å². The highest BCUT2D eigenvalue weighted by atomic mass is 16.4. The summed E-state index contributed by atoms with van der Waals surface area (Å²) in [6, 6.07) is 10.4. The third-order valence-electron chi connectivity index (χ3n) is 1.93. The van der Waals surface area contributed by atoms with E-state index in [4.69, 9.17) is 9.90 Å². The number of para-hydroxylation sites is 1. The number of aliphatic carboxylic acids is 1. The summed E-state index contributed by atoms with van der Waals surface area (Å²) in [7, 11) is 0. The number of carboxylic acid groups (broad SMARTS) is 1. The second-order valence-corrected chi connectivity index (χ2v) is 3.27. The minimum absolute atomic E-state index is 0.833. The molecule has 0 saturated carbocycles. The predicted molar refractivity (Wildman–Crippen MR) is 59.7 cm³/mol. The number of hydrogen-bond donors (Lipinski definition) is 2. The number of hydrogen-bond acceptors (Lipinski definition) is 3.